The van der Waals surface area contributed by atoms with Crippen LogP contribution in [-0.2, 0) is 6.67 Å². The van der Waals surface area contributed by atoms with E-state index in [9.17, 15) is 4.39 Å². The molecule has 1 saturated carbocycles. The lowest BCUT2D eigenvalue weighted by Gasteiger charge is -2.11. The zero-order valence-corrected chi connectivity index (χ0v) is 14.6. The lowest BCUT2D eigenvalue weighted by molar-refractivity contribution is 0.486. The van der Waals surface area contributed by atoms with Crippen molar-refractivity contribution >= 4 is 22.5 Å². The lowest BCUT2D eigenvalue weighted by atomic mass is 10.1. The molecule has 2 aromatic carbocycles. The predicted molar refractivity (Wildman–Crippen MR) is 104 cm³/mol. The van der Waals surface area contributed by atoms with Crippen molar-refractivity contribution < 1.29 is 4.39 Å². The summed E-state index contributed by atoms with van der Waals surface area (Å²) in [4.78, 5) is 9.36. The molecule has 6 heteroatoms. The Labute approximate surface area is 155 Å². The first-order valence-corrected chi connectivity index (χ1v) is 9.05. The molecule has 0 aliphatic heterocycles. The van der Waals surface area contributed by atoms with Crippen molar-refractivity contribution in [1.82, 2.24) is 20.2 Å². The fraction of sp³-hybridized carbons (Fsp3) is 0.190. The molecular formula is C21H18FN5. The molecule has 0 atom stereocenters. The minimum absolute atomic E-state index is 0.502. The normalized spacial score (nSPS) is 13.8. The Balaban J connectivity index is 1.61. The topological polar surface area (TPSA) is 66.5 Å². The summed E-state index contributed by atoms with van der Waals surface area (Å²) in [6.45, 7) is -0.556. The van der Waals surface area contributed by atoms with Crippen LogP contribution in [0.2, 0.25) is 0 Å². The van der Waals surface area contributed by atoms with E-state index < -0.39 is 6.67 Å². The van der Waals surface area contributed by atoms with Gasteiger partial charge in [0.05, 0.1) is 5.52 Å². The third-order valence-electron chi connectivity index (χ3n) is 4.87. The second-order valence-electron chi connectivity index (χ2n) is 6.81. The third kappa shape index (κ3) is 3.03. The summed E-state index contributed by atoms with van der Waals surface area (Å²) in [5.41, 5.74) is 3.24. The molecule has 2 N–H and O–H groups in total. The van der Waals surface area contributed by atoms with Gasteiger partial charge in [-0.05, 0) is 30.5 Å². The summed E-state index contributed by atoms with van der Waals surface area (Å²) in [5.74, 6) is 2.49. The number of rotatable bonds is 5. The number of para-hydroxylation sites is 1. The van der Waals surface area contributed by atoms with E-state index in [1.54, 1.807) is 6.07 Å². The molecule has 0 spiro atoms. The maximum atomic E-state index is 13.4. The fourth-order valence-electron chi connectivity index (χ4n) is 3.27. The molecule has 0 saturated heterocycles. The van der Waals surface area contributed by atoms with Crippen molar-refractivity contribution in [2.24, 2.45) is 0 Å². The SMILES string of the molecule is FCc1ccccc1-c1nc(Nc2cc(C3CC3)[nH]n2)c2ccccc2n1. The van der Waals surface area contributed by atoms with Gasteiger partial charge in [0.25, 0.3) is 0 Å². The van der Waals surface area contributed by atoms with Crippen LogP contribution >= 0.6 is 0 Å². The Morgan fingerprint density at radius 2 is 1.85 bits per heavy atom. The third-order valence-corrected chi connectivity index (χ3v) is 4.87. The molecule has 5 nitrogen and oxygen atoms in total. The molecule has 0 amide bonds. The second kappa shape index (κ2) is 6.46. The first kappa shape index (κ1) is 15.9. The first-order chi connectivity index (χ1) is 13.3. The molecule has 4 aromatic rings. The Kier molecular flexibility index (Phi) is 3.81. The molecule has 1 aliphatic carbocycles. The molecule has 0 bridgehead atoms. The van der Waals surface area contributed by atoms with Crippen LogP contribution in [0.5, 0.6) is 0 Å². The van der Waals surface area contributed by atoms with Gasteiger partial charge in [0, 0.05) is 28.6 Å². The van der Waals surface area contributed by atoms with Gasteiger partial charge in [0.2, 0.25) is 0 Å². The van der Waals surface area contributed by atoms with Crippen LogP contribution in [-0.4, -0.2) is 20.2 Å². The average Bonchev–Trinajstić information content (AvgIpc) is 3.47. The fourth-order valence-corrected chi connectivity index (χ4v) is 3.27. The molecule has 134 valence electrons. The van der Waals surface area contributed by atoms with Crippen molar-refractivity contribution in [3.05, 3.63) is 65.9 Å². The zero-order valence-electron chi connectivity index (χ0n) is 14.6. The molecule has 5 rings (SSSR count). The van der Waals surface area contributed by atoms with Crippen LogP contribution in [0.3, 0.4) is 0 Å². The zero-order chi connectivity index (χ0) is 18.2. The van der Waals surface area contributed by atoms with Gasteiger partial charge in [-0.2, -0.15) is 5.10 Å². The van der Waals surface area contributed by atoms with E-state index in [-0.39, 0.29) is 0 Å². The number of nitrogens with zero attached hydrogens (tertiary/aromatic N) is 3. The number of benzene rings is 2. The van der Waals surface area contributed by atoms with Gasteiger partial charge >= 0.3 is 0 Å². The summed E-state index contributed by atoms with van der Waals surface area (Å²) in [6.07, 6.45) is 2.42. The number of fused-ring (bicyclic) bond motifs is 1. The van der Waals surface area contributed by atoms with Crippen molar-refractivity contribution in [3.8, 4) is 11.4 Å². The van der Waals surface area contributed by atoms with Gasteiger partial charge in [0.15, 0.2) is 11.6 Å². The van der Waals surface area contributed by atoms with Crippen molar-refractivity contribution in [2.75, 3.05) is 5.32 Å². The van der Waals surface area contributed by atoms with Crippen molar-refractivity contribution in [3.63, 3.8) is 0 Å². The van der Waals surface area contributed by atoms with E-state index in [2.05, 4.69) is 20.5 Å². The summed E-state index contributed by atoms with van der Waals surface area (Å²) in [5, 5.41) is 11.7. The van der Waals surface area contributed by atoms with Crippen molar-refractivity contribution in [2.45, 2.75) is 25.4 Å². The number of halogens is 1. The van der Waals surface area contributed by atoms with Gasteiger partial charge in [0.1, 0.15) is 12.5 Å². The summed E-state index contributed by atoms with van der Waals surface area (Å²) < 4.78 is 13.4. The highest BCUT2D eigenvalue weighted by molar-refractivity contribution is 5.92. The van der Waals surface area contributed by atoms with E-state index in [0.29, 0.717) is 28.7 Å². The van der Waals surface area contributed by atoms with E-state index in [4.69, 9.17) is 4.98 Å². The smallest absolute Gasteiger partial charge is 0.162 e. The van der Waals surface area contributed by atoms with Gasteiger partial charge in [-0.15, -0.1) is 0 Å². The summed E-state index contributed by atoms with van der Waals surface area (Å²) in [7, 11) is 0. The lowest BCUT2D eigenvalue weighted by Crippen LogP contribution is -2.00. The van der Waals surface area contributed by atoms with Crippen LogP contribution in [0, 0.1) is 0 Å². The number of anilines is 2. The van der Waals surface area contributed by atoms with Gasteiger partial charge in [-0.1, -0.05) is 36.4 Å². The Hall–Kier alpha value is -3.28. The standard InChI is InChI=1S/C21H18FN5/c22-12-14-5-1-2-6-15(14)20-23-17-8-4-3-7-16(17)21(25-20)24-19-11-18(26-27-19)13-9-10-13/h1-8,11,13H,9-10,12H2,(H2,23,24,25,26,27). The summed E-state index contributed by atoms with van der Waals surface area (Å²) >= 11 is 0. The largest absolute Gasteiger partial charge is 0.323 e. The van der Waals surface area contributed by atoms with Gasteiger partial charge < -0.3 is 5.32 Å². The number of nitrogens with one attached hydrogen (secondary N) is 2. The monoisotopic (exact) mass is 359 g/mol. The predicted octanol–water partition coefficient (Wildman–Crippen LogP) is 5.11. The Morgan fingerprint density at radius 1 is 1.04 bits per heavy atom. The minimum Gasteiger partial charge on any atom is -0.323 e. The molecule has 1 fully saturated rings. The van der Waals surface area contributed by atoms with Crippen molar-refractivity contribution in [1.29, 1.82) is 0 Å². The molecule has 27 heavy (non-hydrogen) atoms. The second-order valence-corrected chi connectivity index (χ2v) is 6.81. The van der Waals surface area contributed by atoms with Crippen LogP contribution in [0.4, 0.5) is 16.0 Å². The quantitative estimate of drug-likeness (QED) is 0.520. The number of hydrogen-bond acceptors (Lipinski definition) is 4. The van der Waals surface area contributed by atoms with Crippen LogP contribution in [0.1, 0.15) is 30.0 Å². The van der Waals surface area contributed by atoms with E-state index >= 15 is 0 Å². The van der Waals surface area contributed by atoms with E-state index in [1.807, 2.05) is 48.5 Å². The van der Waals surface area contributed by atoms with E-state index in [1.165, 1.54) is 12.8 Å². The van der Waals surface area contributed by atoms with Crippen LogP contribution < -0.4 is 5.32 Å². The molecule has 2 aromatic heterocycles. The molecule has 0 unspecified atom stereocenters. The molecule has 0 radical (unpaired) electrons. The molecule has 1 aliphatic rings. The maximum absolute atomic E-state index is 13.4. The molecular weight excluding hydrogens is 341 g/mol. The summed E-state index contributed by atoms with van der Waals surface area (Å²) in [6, 6.07) is 17.1. The number of alkyl halides is 1. The van der Waals surface area contributed by atoms with Crippen LogP contribution in [0.15, 0.2) is 54.6 Å². The Bertz CT molecular complexity index is 1120. The number of hydrogen-bond donors (Lipinski definition) is 2. The molecule has 2 heterocycles. The highest BCUT2D eigenvalue weighted by Gasteiger charge is 2.25. The van der Waals surface area contributed by atoms with E-state index in [0.717, 1.165) is 22.4 Å². The average molecular weight is 359 g/mol. The van der Waals surface area contributed by atoms with Gasteiger partial charge in [-0.25, -0.2) is 14.4 Å². The van der Waals surface area contributed by atoms with Gasteiger partial charge in [-0.3, -0.25) is 5.10 Å². The van der Waals surface area contributed by atoms with Crippen LogP contribution in [0.25, 0.3) is 22.3 Å². The highest BCUT2D eigenvalue weighted by atomic mass is 19.1. The number of aromatic nitrogens is 4. The Morgan fingerprint density at radius 3 is 2.70 bits per heavy atom. The minimum atomic E-state index is -0.556. The highest BCUT2D eigenvalue weighted by Crippen LogP contribution is 2.40. The number of H-pyrrole nitrogens is 1. The number of aromatic amines is 1. The maximum Gasteiger partial charge on any atom is 0.162 e. The first-order valence-electron chi connectivity index (χ1n) is 9.05.